The van der Waals surface area contributed by atoms with Gasteiger partial charge < -0.3 is 14.8 Å². The van der Waals surface area contributed by atoms with Crippen molar-refractivity contribution >= 4 is 33.6 Å². The number of carbonyl (C=O) groups excluding carboxylic acids is 1. The summed E-state index contributed by atoms with van der Waals surface area (Å²) in [6.45, 7) is 4.48. The molecule has 3 aromatic rings. The second-order valence-electron chi connectivity index (χ2n) is 7.49. The number of rotatable bonds is 8. The minimum atomic E-state index is -0.475. The summed E-state index contributed by atoms with van der Waals surface area (Å²) in [6, 6.07) is 21.1. The van der Waals surface area contributed by atoms with Gasteiger partial charge in [0.15, 0.2) is 11.5 Å². The van der Waals surface area contributed by atoms with E-state index < -0.39 is 5.91 Å². The highest BCUT2D eigenvalue weighted by Gasteiger charge is 2.14. The number of ether oxygens (including phenoxy) is 2. The normalized spacial score (nSPS) is 10.9. The molecule has 1 amide bonds. The molecule has 0 aromatic heterocycles. The molecule has 1 N–H and O–H groups in total. The van der Waals surface area contributed by atoms with Crippen LogP contribution in [0.15, 0.2) is 70.7 Å². The minimum absolute atomic E-state index is 0.0167. The third-order valence-corrected chi connectivity index (χ3v) is 5.60. The van der Waals surface area contributed by atoms with Gasteiger partial charge in [0.05, 0.1) is 11.6 Å². The van der Waals surface area contributed by atoms with Gasteiger partial charge in [0.25, 0.3) is 5.91 Å². The largest absolute Gasteiger partial charge is 0.493 e. The number of benzene rings is 3. The van der Waals surface area contributed by atoms with Crippen molar-refractivity contribution < 1.29 is 14.3 Å². The van der Waals surface area contributed by atoms with Crippen LogP contribution >= 0.6 is 15.9 Å². The Balaban J connectivity index is 1.79. The van der Waals surface area contributed by atoms with Crippen molar-refractivity contribution in [1.82, 2.24) is 0 Å². The number of carbonyl (C=O) groups is 1. The third kappa shape index (κ3) is 6.47. The van der Waals surface area contributed by atoms with Crippen molar-refractivity contribution in [2.75, 3.05) is 12.4 Å². The van der Waals surface area contributed by atoms with Crippen molar-refractivity contribution in [3.8, 4) is 17.6 Å². The number of anilines is 1. The van der Waals surface area contributed by atoms with Gasteiger partial charge in [0.2, 0.25) is 0 Å². The molecule has 168 valence electrons. The van der Waals surface area contributed by atoms with Gasteiger partial charge in [-0.2, -0.15) is 5.26 Å². The summed E-state index contributed by atoms with van der Waals surface area (Å²) in [6.07, 6.45) is 2.44. The molecule has 0 saturated heterocycles. The van der Waals surface area contributed by atoms with Crippen molar-refractivity contribution in [2.45, 2.75) is 26.9 Å². The van der Waals surface area contributed by atoms with Crippen LogP contribution in [0, 0.1) is 18.3 Å². The zero-order valence-electron chi connectivity index (χ0n) is 18.8. The first kappa shape index (κ1) is 24.1. The summed E-state index contributed by atoms with van der Waals surface area (Å²) in [5, 5.41) is 12.3. The van der Waals surface area contributed by atoms with E-state index in [-0.39, 0.29) is 5.57 Å². The van der Waals surface area contributed by atoms with Crippen LogP contribution in [-0.2, 0) is 17.8 Å². The lowest BCUT2D eigenvalue weighted by Crippen LogP contribution is -2.13. The van der Waals surface area contributed by atoms with Crippen LogP contribution in [0.4, 0.5) is 5.69 Å². The number of halogens is 1. The number of methoxy groups -OCH3 is 1. The van der Waals surface area contributed by atoms with Gasteiger partial charge in [-0.15, -0.1) is 0 Å². The zero-order valence-corrected chi connectivity index (χ0v) is 20.4. The average Bonchev–Trinajstić information content (AvgIpc) is 2.82. The van der Waals surface area contributed by atoms with Crippen LogP contribution in [0.25, 0.3) is 6.08 Å². The summed E-state index contributed by atoms with van der Waals surface area (Å²) in [5.74, 6) is 0.572. The van der Waals surface area contributed by atoms with E-state index in [4.69, 9.17) is 9.47 Å². The molecule has 0 fully saturated rings. The predicted octanol–water partition coefficient (Wildman–Crippen LogP) is 6.45. The van der Waals surface area contributed by atoms with Crippen molar-refractivity contribution in [3.63, 3.8) is 0 Å². The number of nitrogens with zero attached hydrogens (tertiary/aromatic N) is 1. The molecule has 0 unspecified atom stereocenters. The van der Waals surface area contributed by atoms with E-state index in [1.165, 1.54) is 11.6 Å². The lowest BCUT2D eigenvalue weighted by Gasteiger charge is -2.14. The summed E-state index contributed by atoms with van der Waals surface area (Å²) >= 11 is 3.53. The molecule has 0 aliphatic carbocycles. The lowest BCUT2D eigenvalue weighted by molar-refractivity contribution is -0.112. The predicted molar refractivity (Wildman–Crippen MR) is 134 cm³/mol. The Morgan fingerprint density at radius 2 is 1.88 bits per heavy atom. The molecule has 0 aliphatic heterocycles. The molecule has 33 heavy (non-hydrogen) atoms. The van der Waals surface area contributed by atoms with Gasteiger partial charge >= 0.3 is 0 Å². The molecule has 0 heterocycles. The molecule has 0 bridgehead atoms. The molecule has 3 aromatic carbocycles. The van der Waals surface area contributed by atoms with E-state index in [2.05, 4.69) is 34.2 Å². The third-order valence-electron chi connectivity index (χ3n) is 5.01. The fourth-order valence-electron chi connectivity index (χ4n) is 3.26. The first-order valence-electron chi connectivity index (χ1n) is 10.5. The van der Waals surface area contributed by atoms with Crippen LogP contribution in [0.5, 0.6) is 11.5 Å². The Hall–Kier alpha value is -3.56. The summed E-state index contributed by atoms with van der Waals surface area (Å²) in [5.41, 5.74) is 4.63. The molecule has 0 aliphatic rings. The maximum Gasteiger partial charge on any atom is 0.266 e. The van der Waals surface area contributed by atoms with E-state index in [1.807, 2.05) is 55.5 Å². The van der Waals surface area contributed by atoms with Crippen LogP contribution in [0.3, 0.4) is 0 Å². The van der Waals surface area contributed by atoms with Crippen LogP contribution in [-0.4, -0.2) is 13.0 Å². The molecule has 6 heteroatoms. The number of amides is 1. The lowest BCUT2D eigenvalue weighted by atomic mass is 10.1. The fraction of sp³-hybridized carbons (Fsp3) is 0.185. The monoisotopic (exact) mass is 504 g/mol. The van der Waals surface area contributed by atoms with Gasteiger partial charge in [-0.05, 0) is 76.3 Å². The Kier molecular flexibility index (Phi) is 8.28. The maximum absolute atomic E-state index is 12.6. The van der Waals surface area contributed by atoms with E-state index >= 15 is 0 Å². The molecule has 3 rings (SSSR count). The number of aryl methyl sites for hydroxylation is 2. The first-order valence-corrected chi connectivity index (χ1v) is 11.3. The van der Waals surface area contributed by atoms with Gasteiger partial charge in [-0.25, -0.2) is 0 Å². The fourth-order valence-corrected chi connectivity index (χ4v) is 3.83. The van der Waals surface area contributed by atoms with Gasteiger partial charge in [-0.1, -0.05) is 48.9 Å². The van der Waals surface area contributed by atoms with Crippen LogP contribution < -0.4 is 14.8 Å². The molecule has 0 saturated carbocycles. The second kappa shape index (κ2) is 11.3. The van der Waals surface area contributed by atoms with Crippen molar-refractivity contribution in [3.05, 3.63) is 93.0 Å². The number of nitriles is 1. The average molecular weight is 505 g/mol. The molecule has 0 spiro atoms. The quantitative estimate of drug-likeness (QED) is 0.282. The van der Waals surface area contributed by atoms with Gasteiger partial charge in [0, 0.05) is 5.69 Å². The number of hydrogen-bond acceptors (Lipinski definition) is 4. The molecular weight excluding hydrogens is 480 g/mol. The standard InChI is InChI=1S/C27H25BrN2O3/c1-4-19-8-10-23(11-9-19)30-27(31)22(16-29)13-21-14-24(28)26(25(15-21)32-3)33-17-20-7-5-6-18(2)12-20/h5-15H,4,17H2,1-3H3,(H,30,31)/b22-13+. The summed E-state index contributed by atoms with van der Waals surface area (Å²) in [4.78, 5) is 12.6. The number of hydrogen-bond donors (Lipinski definition) is 1. The molecule has 0 atom stereocenters. The highest BCUT2D eigenvalue weighted by atomic mass is 79.9. The van der Waals surface area contributed by atoms with E-state index in [0.717, 1.165) is 17.5 Å². The van der Waals surface area contributed by atoms with Gasteiger partial charge in [-0.3, -0.25) is 4.79 Å². The first-order chi connectivity index (χ1) is 15.9. The van der Waals surface area contributed by atoms with Gasteiger partial charge in [0.1, 0.15) is 18.2 Å². The Morgan fingerprint density at radius 1 is 1.12 bits per heavy atom. The minimum Gasteiger partial charge on any atom is -0.493 e. The van der Waals surface area contributed by atoms with Crippen LogP contribution in [0.1, 0.15) is 29.2 Å². The number of nitrogens with one attached hydrogen (secondary N) is 1. The Morgan fingerprint density at radius 3 is 2.52 bits per heavy atom. The molecule has 0 radical (unpaired) electrons. The summed E-state index contributed by atoms with van der Waals surface area (Å²) in [7, 11) is 1.55. The summed E-state index contributed by atoms with van der Waals surface area (Å²) < 4.78 is 12.2. The van der Waals surface area contributed by atoms with Crippen molar-refractivity contribution in [2.24, 2.45) is 0 Å². The smallest absolute Gasteiger partial charge is 0.266 e. The molecule has 5 nitrogen and oxygen atoms in total. The SMILES string of the molecule is CCc1ccc(NC(=O)/C(C#N)=C/c2cc(Br)c(OCc3cccc(C)c3)c(OC)c2)cc1. The van der Waals surface area contributed by atoms with Crippen LogP contribution in [0.2, 0.25) is 0 Å². The second-order valence-corrected chi connectivity index (χ2v) is 8.34. The highest BCUT2D eigenvalue weighted by Crippen LogP contribution is 2.37. The Bertz CT molecular complexity index is 1210. The maximum atomic E-state index is 12.6. The highest BCUT2D eigenvalue weighted by molar-refractivity contribution is 9.10. The van der Waals surface area contributed by atoms with Crippen molar-refractivity contribution in [1.29, 1.82) is 5.26 Å². The zero-order chi connectivity index (χ0) is 23.8. The van der Waals surface area contributed by atoms with E-state index in [0.29, 0.717) is 33.8 Å². The molecular formula is C27H25BrN2O3. The van der Waals surface area contributed by atoms with E-state index in [9.17, 15) is 10.1 Å². The Labute approximate surface area is 202 Å². The topological polar surface area (TPSA) is 71.4 Å². The van der Waals surface area contributed by atoms with E-state index in [1.54, 1.807) is 19.2 Å².